The smallest absolute Gasteiger partial charge is 0.466 e. The Morgan fingerprint density at radius 1 is 1.28 bits per heavy atom. The van der Waals surface area contributed by atoms with Gasteiger partial charge in [0.05, 0.1) is 7.11 Å². The fourth-order valence-corrected chi connectivity index (χ4v) is 0.832. The first kappa shape index (κ1) is 13.9. The largest absolute Gasteiger partial charge is 0.870 e. The Hall–Kier alpha value is -2.20. The average Bonchev–Trinajstić information content (AvgIpc) is 2.33. The molecule has 8 nitrogen and oxygen atoms in total. The SMILES string of the molecule is COC(=O)C(F)C(=O)OB1OC(=O)C(F)C(=O)O1. The van der Waals surface area contributed by atoms with E-state index < -0.39 is 43.5 Å². The molecule has 1 aliphatic rings. The minimum absolute atomic E-state index is 0.816. The zero-order chi connectivity index (χ0) is 13.9. The molecule has 0 N–H and O–H groups in total. The van der Waals surface area contributed by atoms with Crippen LogP contribution in [0.15, 0.2) is 0 Å². The third-order valence-electron chi connectivity index (χ3n) is 1.67. The van der Waals surface area contributed by atoms with Gasteiger partial charge in [-0.15, -0.1) is 0 Å². The summed E-state index contributed by atoms with van der Waals surface area (Å²) >= 11 is 0. The predicted molar refractivity (Wildman–Crippen MR) is 45.8 cm³/mol. The third kappa shape index (κ3) is 2.93. The molecule has 1 aliphatic heterocycles. The molecule has 1 fully saturated rings. The van der Waals surface area contributed by atoms with Crippen LogP contribution in [0, 0.1) is 0 Å². The number of methoxy groups -OCH3 is 1. The summed E-state index contributed by atoms with van der Waals surface area (Å²) in [7, 11) is -1.43. The molecule has 0 radical (unpaired) electrons. The maximum atomic E-state index is 12.9. The molecular weight excluding hydrogens is 261 g/mol. The van der Waals surface area contributed by atoms with Crippen molar-refractivity contribution in [2.24, 2.45) is 0 Å². The molecule has 18 heavy (non-hydrogen) atoms. The van der Waals surface area contributed by atoms with Crippen LogP contribution in [-0.4, -0.2) is 50.7 Å². The van der Waals surface area contributed by atoms with Crippen molar-refractivity contribution < 1.29 is 46.7 Å². The summed E-state index contributed by atoms with van der Waals surface area (Å²) < 4.78 is 41.4. The maximum Gasteiger partial charge on any atom is 0.870 e. The van der Waals surface area contributed by atoms with Gasteiger partial charge >= 0.3 is 31.2 Å². The number of carbonyl (C=O) groups is 4. The summed E-state index contributed by atoms with van der Waals surface area (Å²) in [5.74, 6) is -6.68. The molecule has 0 aromatic rings. The lowest BCUT2D eigenvalue weighted by Crippen LogP contribution is -2.48. The molecule has 1 saturated heterocycles. The highest BCUT2D eigenvalue weighted by Crippen LogP contribution is 2.11. The first-order valence-corrected chi connectivity index (χ1v) is 4.34. The molecule has 0 aromatic heterocycles. The molecule has 0 saturated carbocycles. The topological polar surface area (TPSA) is 105 Å². The molecule has 1 heterocycles. The number of esters is 1. The lowest BCUT2D eigenvalue weighted by atomic mass is 10.1. The molecule has 0 bridgehead atoms. The fourth-order valence-electron chi connectivity index (χ4n) is 0.832. The third-order valence-corrected chi connectivity index (χ3v) is 1.67. The van der Waals surface area contributed by atoms with Gasteiger partial charge in [0, 0.05) is 0 Å². The van der Waals surface area contributed by atoms with Gasteiger partial charge in [-0.1, -0.05) is 0 Å². The van der Waals surface area contributed by atoms with Crippen LogP contribution in [0.4, 0.5) is 8.78 Å². The molecular formula is C7H5BF2O8. The summed E-state index contributed by atoms with van der Waals surface area (Å²) in [5, 5.41) is 0. The van der Waals surface area contributed by atoms with Crippen LogP contribution < -0.4 is 0 Å². The van der Waals surface area contributed by atoms with Gasteiger partial charge in [-0.25, -0.2) is 28.0 Å². The van der Waals surface area contributed by atoms with E-state index in [0.717, 1.165) is 7.11 Å². The van der Waals surface area contributed by atoms with Crippen molar-refractivity contribution in [3.05, 3.63) is 0 Å². The average molecular weight is 266 g/mol. The number of hydrogen-bond acceptors (Lipinski definition) is 8. The monoisotopic (exact) mass is 266 g/mol. The van der Waals surface area contributed by atoms with Crippen molar-refractivity contribution in [1.29, 1.82) is 0 Å². The first-order chi connectivity index (χ1) is 8.36. The number of hydrogen-bond donors (Lipinski definition) is 0. The number of alkyl halides is 2. The van der Waals surface area contributed by atoms with Crippen molar-refractivity contribution in [2.75, 3.05) is 7.11 Å². The van der Waals surface area contributed by atoms with E-state index in [2.05, 4.69) is 18.7 Å². The van der Waals surface area contributed by atoms with Crippen LogP contribution in [0.1, 0.15) is 0 Å². The summed E-state index contributed by atoms with van der Waals surface area (Å²) in [4.78, 5) is 42.9. The number of rotatable bonds is 3. The van der Waals surface area contributed by atoms with Gasteiger partial charge in [0.25, 0.3) is 12.3 Å². The van der Waals surface area contributed by atoms with Crippen molar-refractivity contribution in [2.45, 2.75) is 12.3 Å². The van der Waals surface area contributed by atoms with Crippen molar-refractivity contribution in [3.8, 4) is 0 Å². The highest BCUT2D eigenvalue weighted by Gasteiger charge is 2.49. The number of ether oxygens (including phenoxy) is 1. The molecule has 0 aliphatic carbocycles. The quantitative estimate of drug-likeness (QED) is 0.344. The summed E-state index contributed by atoms with van der Waals surface area (Å²) in [6, 6.07) is 0. The Kier molecular flexibility index (Phi) is 4.18. The van der Waals surface area contributed by atoms with Crippen molar-refractivity contribution in [3.63, 3.8) is 0 Å². The van der Waals surface area contributed by atoms with Crippen LogP contribution in [-0.2, 0) is 37.9 Å². The normalized spacial score (nSPS) is 17.6. The second-order valence-corrected chi connectivity index (χ2v) is 2.85. The van der Waals surface area contributed by atoms with Crippen LogP contribution in [0.3, 0.4) is 0 Å². The molecule has 1 atom stereocenters. The zero-order valence-electron chi connectivity index (χ0n) is 8.75. The van der Waals surface area contributed by atoms with Gasteiger partial charge in [-0.3, -0.25) is 0 Å². The summed E-state index contributed by atoms with van der Waals surface area (Å²) in [6.45, 7) is 0. The van der Waals surface area contributed by atoms with Gasteiger partial charge in [0.15, 0.2) is 0 Å². The standard InChI is InChI=1S/C7H5BF2O8/c1-15-4(11)2(9)5(12)16-8-17-6(13)3(10)7(14)18-8/h2-3H,1H3. The Bertz CT molecular complexity index is 381. The van der Waals surface area contributed by atoms with Gasteiger partial charge in [0.1, 0.15) is 0 Å². The molecule has 1 rings (SSSR count). The van der Waals surface area contributed by atoms with Crippen LogP contribution in [0.5, 0.6) is 0 Å². The summed E-state index contributed by atoms with van der Waals surface area (Å²) in [6.07, 6.45) is -5.47. The molecule has 0 amide bonds. The second kappa shape index (κ2) is 5.43. The van der Waals surface area contributed by atoms with E-state index in [4.69, 9.17) is 0 Å². The minimum Gasteiger partial charge on any atom is -0.466 e. The molecule has 11 heteroatoms. The highest BCUT2D eigenvalue weighted by molar-refractivity contribution is 6.47. The molecule has 98 valence electrons. The minimum atomic E-state index is -2.81. The second-order valence-electron chi connectivity index (χ2n) is 2.85. The fraction of sp³-hybridized carbons (Fsp3) is 0.429. The van der Waals surface area contributed by atoms with Crippen LogP contribution in [0.25, 0.3) is 0 Å². The Balaban J connectivity index is 2.58. The Labute approximate surface area is 98.3 Å². The highest BCUT2D eigenvalue weighted by atomic mass is 19.1. The van der Waals surface area contributed by atoms with E-state index in [1.165, 1.54) is 0 Å². The van der Waals surface area contributed by atoms with Gasteiger partial charge in [-0.05, 0) is 0 Å². The predicted octanol–water partition coefficient (Wildman–Crippen LogP) is -1.54. The number of carbonyl (C=O) groups excluding carboxylic acids is 4. The molecule has 0 aromatic carbocycles. The van der Waals surface area contributed by atoms with Crippen LogP contribution >= 0.6 is 0 Å². The van der Waals surface area contributed by atoms with E-state index in [1.54, 1.807) is 0 Å². The molecule has 0 spiro atoms. The Morgan fingerprint density at radius 3 is 2.22 bits per heavy atom. The van der Waals surface area contributed by atoms with Crippen molar-refractivity contribution >= 4 is 31.2 Å². The zero-order valence-corrected chi connectivity index (χ0v) is 8.75. The summed E-state index contributed by atoms with van der Waals surface area (Å²) in [5.41, 5.74) is 0. The van der Waals surface area contributed by atoms with E-state index in [9.17, 15) is 28.0 Å². The lowest BCUT2D eigenvalue weighted by Gasteiger charge is -2.19. The van der Waals surface area contributed by atoms with E-state index in [1.807, 2.05) is 0 Å². The van der Waals surface area contributed by atoms with E-state index in [-0.39, 0.29) is 0 Å². The van der Waals surface area contributed by atoms with Crippen molar-refractivity contribution in [1.82, 2.24) is 0 Å². The first-order valence-electron chi connectivity index (χ1n) is 4.34. The van der Waals surface area contributed by atoms with E-state index >= 15 is 0 Å². The molecule has 1 unspecified atom stereocenters. The van der Waals surface area contributed by atoms with E-state index in [0.29, 0.717) is 0 Å². The van der Waals surface area contributed by atoms with Gasteiger partial charge in [-0.2, -0.15) is 0 Å². The maximum absolute atomic E-state index is 12.9. The van der Waals surface area contributed by atoms with Gasteiger partial charge in [0.2, 0.25) is 0 Å². The van der Waals surface area contributed by atoms with Gasteiger partial charge < -0.3 is 18.7 Å². The van der Waals surface area contributed by atoms with Crippen LogP contribution in [0.2, 0.25) is 0 Å². The Morgan fingerprint density at radius 2 is 1.78 bits per heavy atom. The number of halogens is 2. The lowest BCUT2D eigenvalue weighted by molar-refractivity contribution is -0.167.